The topological polar surface area (TPSA) is 84.9 Å². The standard InChI is InChI=1S/C19H17NO5/c1-10-3-5-13-17(11(10)2)20-18(22)19(13,23)8-14(21)12-4-6-15-16(7-12)25-9-24-15/h3-7,23H,8-9H2,1-2H3,(H,20,22)/t19-/m1/s1. The molecule has 0 fully saturated rings. The zero-order valence-electron chi connectivity index (χ0n) is 13.9. The smallest absolute Gasteiger partial charge is 0.261 e. The van der Waals surface area contributed by atoms with Gasteiger partial charge in [-0.2, -0.15) is 0 Å². The summed E-state index contributed by atoms with van der Waals surface area (Å²) < 4.78 is 10.5. The van der Waals surface area contributed by atoms with Gasteiger partial charge in [0, 0.05) is 11.1 Å². The zero-order chi connectivity index (χ0) is 17.8. The Balaban J connectivity index is 1.68. The third-order valence-corrected chi connectivity index (χ3v) is 4.91. The lowest BCUT2D eigenvalue weighted by Gasteiger charge is -2.20. The number of ether oxygens (including phenoxy) is 2. The fourth-order valence-electron chi connectivity index (χ4n) is 3.24. The van der Waals surface area contributed by atoms with E-state index in [1.165, 1.54) is 0 Å². The number of hydrogen-bond donors (Lipinski definition) is 2. The highest BCUT2D eigenvalue weighted by molar-refractivity contribution is 6.10. The van der Waals surface area contributed by atoms with Crippen molar-refractivity contribution in [1.29, 1.82) is 0 Å². The van der Waals surface area contributed by atoms with Crippen LogP contribution in [0.3, 0.4) is 0 Å². The lowest BCUT2D eigenvalue weighted by Crippen LogP contribution is -2.36. The zero-order valence-corrected chi connectivity index (χ0v) is 13.9. The first-order valence-corrected chi connectivity index (χ1v) is 7.97. The van der Waals surface area contributed by atoms with E-state index >= 15 is 0 Å². The van der Waals surface area contributed by atoms with Crippen molar-refractivity contribution in [3.8, 4) is 11.5 Å². The monoisotopic (exact) mass is 339 g/mol. The van der Waals surface area contributed by atoms with E-state index in [0.717, 1.165) is 11.1 Å². The van der Waals surface area contributed by atoms with E-state index in [0.29, 0.717) is 28.3 Å². The van der Waals surface area contributed by atoms with E-state index < -0.39 is 11.5 Å². The maximum absolute atomic E-state index is 12.7. The Kier molecular flexibility index (Phi) is 3.33. The molecular weight excluding hydrogens is 322 g/mol. The highest BCUT2D eigenvalue weighted by Crippen LogP contribution is 2.42. The number of anilines is 1. The Morgan fingerprint density at radius 3 is 2.76 bits per heavy atom. The number of Topliss-reactive ketones (excluding diaryl/α,β-unsaturated/α-hetero) is 1. The molecule has 1 atom stereocenters. The molecule has 128 valence electrons. The van der Waals surface area contributed by atoms with Gasteiger partial charge in [0.25, 0.3) is 5.91 Å². The third kappa shape index (κ3) is 2.29. The number of carbonyl (C=O) groups excluding carboxylic acids is 2. The van der Waals surface area contributed by atoms with Crippen LogP contribution >= 0.6 is 0 Å². The first kappa shape index (κ1) is 15.7. The minimum absolute atomic E-state index is 0.116. The van der Waals surface area contributed by atoms with Gasteiger partial charge < -0.3 is 19.9 Å². The fraction of sp³-hybridized carbons (Fsp3) is 0.263. The van der Waals surface area contributed by atoms with Crippen molar-refractivity contribution in [3.63, 3.8) is 0 Å². The van der Waals surface area contributed by atoms with Crippen LogP contribution in [0.4, 0.5) is 5.69 Å². The van der Waals surface area contributed by atoms with Crippen LogP contribution in [-0.2, 0) is 10.4 Å². The van der Waals surface area contributed by atoms with E-state index in [-0.39, 0.29) is 19.0 Å². The predicted molar refractivity (Wildman–Crippen MR) is 90.0 cm³/mol. The third-order valence-electron chi connectivity index (χ3n) is 4.91. The van der Waals surface area contributed by atoms with E-state index in [4.69, 9.17) is 9.47 Å². The Morgan fingerprint density at radius 1 is 1.20 bits per heavy atom. The normalized spacial score (nSPS) is 20.4. The van der Waals surface area contributed by atoms with Crippen molar-refractivity contribution in [2.45, 2.75) is 25.9 Å². The van der Waals surface area contributed by atoms with Gasteiger partial charge in [-0.15, -0.1) is 0 Å². The second kappa shape index (κ2) is 5.32. The van der Waals surface area contributed by atoms with Gasteiger partial charge in [-0.25, -0.2) is 0 Å². The fourth-order valence-corrected chi connectivity index (χ4v) is 3.24. The number of benzene rings is 2. The molecule has 25 heavy (non-hydrogen) atoms. The maximum atomic E-state index is 12.7. The van der Waals surface area contributed by atoms with Crippen molar-refractivity contribution in [1.82, 2.24) is 0 Å². The molecule has 0 saturated carbocycles. The molecule has 0 aliphatic carbocycles. The lowest BCUT2D eigenvalue weighted by atomic mass is 9.86. The number of rotatable bonds is 3. The van der Waals surface area contributed by atoms with Crippen molar-refractivity contribution < 1.29 is 24.2 Å². The first-order chi connectivity index (χ1) is 11.9. The number of fused-ring (bicyclic) bond motifs is 2. The summed E-state index contributed by atoms with van der Waals surface area (Å²) in [6.45, 7) is 3.92. The number of carbonyl (C=O) groups is 2. The summed E-state index contributed by atoms with van der Waals surface area (Å²) in [7, 11) is 0. The number of amides is 1. The molecule has 0 saturated heterocycles. The van der Waals surface area contributed by atoms with E-state index in [9.17, 15) is 14.7 Å². The first-order valence-electron chi connectivity index (χ1n) is 7.97. The summed E-state index contributed by atoms with van der Waals surface area (Å²) in [4.78, 5) is 25.1. The second-order valence-electron chi connectivity index (χ2n) is 6.41. The summed E-state index contributed by atoms with van der Waals surface area (Å²) >= 11 is 0. The summed E-state index contributed by atoms with van der Waals surface area (Å²) in [6.07, 6.45) is -0.339. The SMILES string of the molecule is Cc1ccc2c(c1C)NC(=O)[C@@]2(O)CC(=O)c1ccc2c(c1)OCO2. The quantitative estimate of drug-likeness (QED) is 0.839. The molecule has 0 spiro atoms. The van der Waals surface area contributed by atoms with Crippen LogP contribution in [-0.4, -0.2) is 23.6 Å². The van der Waals surface area contributed by atoms with Gasteiger partial charge in [0.2, 0.25) is 6.79 Å². The minimum atomic E-state index is -1.87. The van der Waals surface area contributed by atoms with E-state index in [1.54, 1.807) is 24.3 Å². The number of hydrogen-bond acceptors (Lipinski definition) is 5. The van der Waals surface area contributed by atoms with Gasteiger partial charge in [0.15, 0.2) is 22.9 Å². The molecule has 2 aliphatic rings. The molecule has 2 N–H and O–H groups in total. The molecule has 0 aromatic heterocycles. The van der Waals surface area contributed by atoms with Gasteiger partial charge >= 0.3 is 0 Å². The van der Waals surface area contributed by atoms with E-state index in [2.05, 4.69) is 5.32 Å². The van der Waals surface area contributed by atoms with Crippen molar-refractivity contribution >= 4 is 17.4 Å². The van der Waals surface area contributed by atoms with Gasteiger partial charge in [-0.3, -0.25) is 9.59 Å². The van der Waals surface area contributed by atoms with Crippen LogP contribution in [0.2, 0.25) is 0 Å². The largest absolute Gasteiger partial charge is 0.454 e. The Labute approximate surface area is 144 Å². The molecule has 0 bridgehead atoms. The van der Waals surface area contributed by atoms with Crippen molar-refractivity contribution in [2.24, 2.45) is 0 Å². The molecule has 4 rings (SSSR count). The minimum Gasteiger partial charge on any atom is -0.454 e. The Morgan fingerprint density at radius 2 is 1.96 bits per heavy atom. The van der Waals surface area contributed by atoms with Crippen molar-refractivity contribution in [2.75, 3.05) is 12.1 Å². The van der Waals surface area contributed by atoms with Gasteiger partial charge in [-0.05, 0) is 43.2 Å². The predicted octanol–water partition coefficient (Wildman–Crippen LogP) is 2.44. The summed E-state index contributed by atoms with van der Waals surface area (Å²) in [5, 5.41) is 13.7. The van der Waals surface area contributed by atoms with Crippen molar-refractivity contribution in [3.05, 3.63) is 52.6 Å². The maximum Gasteiger partial charge on any atom is 0.261 e. The van der Waals surface area contributed by atoms with Crippen LogP contribution in [0.15, 0.2) is 30.3 Å². The van der Waals surface area contributed by atoms with Crippen LogP contribution < -0.4 is 14.8 Å². The van der Waals surface area contributed by atoms with Gasteiger partial charge in [0.05, 0.1) is 12.1 Å². The highest BCUT2D eigenvalue weighted by atomic mass is 16.7. The number of ketones is 1. The highest BCUT2D eigenvalue weighted by Gasteiger charge is 2.47. The molecule has 0 radical (unpaired) electrons. The van der Waals surface area contributed by atoms with Crippen LogP contribution in [0.1, 0.15) is 33.5 Å². The second-order valence-corrected chi connectivity index (χ2v) is 6.41. The molecule has 2 aromatic carbocycles. The molecule has 6 nitrogen and oxygen atoms in total. The molecule has 2 aliphatic heterocycles. The molecule has 0 unspecified atom stereocenters. The lowest BCUT2D eigenvalue weighted by molar-refractivity contribution is -0.133. The Bertz CT molecular complexity index is 920. The van der Waals surface area contributed by atoms with E-state index in [1.807, 2.05) is 19.9 Å². The molecule has 1 amide bonds. The van der Waals surface area contributed by atoms with Gasteiger partial charge in [-0.1, -0.05) is 12.1 Å². The summed E-state index contributed by atoms with van der Waals surface area (Å²) in [5.74, 6) is 0.137. The number of aliphatic hydroxyl groups is 1. The molecule has 2 heterocycles. The summed E-state index contributed by atoms with van der Waals surface area (Å²) in [6, 6.07) is 8.36. The van der Waals surface area contributed by atoms with Gasteiger partial charge in [0.1, 0.15) is 0 Å². The van der Waals surface area contributed by atoms with Crippen LogP contribution in [0, 0.1) is 13.8 Å². The number of aryl methyl sites for hydroxylation is 1. The van der Waals surface area contributed by atoms with Crippen LogP contribution in [0.25, 0.3) is 0 Å². The number of nitrogens with one attached hydrogen (secondary N) is 1. The molecule has 2 aromatic rings. The summed E-state index contributed by atoms with van der Waals surface area (Å²) in [5.41, 5.74) is 1.41. The average molecular weight is 339 g/mol. The average Bonchev–Trinajstić information content (AvgIpc) is 3.14. The molecule has 6 heteroatoms. The molecular formula is C19H17NO5. The van der Waals surface area contributed by atoms with Crippen LogP contribution in [0.5, 0.6) is 11.5 Å². The Hall–Kier alpha value is -2.86.